The molecule has 0 aromatic heterocycles. The second-order valence-corrected chi connectivity index (χ2v) is 7.27. The van der Waals surface area contributed by atoms with E-state index in [1.54, 1.807) is 0 Å². The van der Waals surface area contributed by atoms with Gasteiger partial charge in [-0.15, -0.1) is 0 Å². The lowest BCUT2D eigenvalue weighted by Crippen LogP contribution is -2.12. The van der Waals surface area contributed by atoms with Crippen LogP contribution in [-0.2, 0) is 33.5 Å². The fraction of sp³-hybridized carbons (Fsp3) is 0.440. The van der Waals surface area contributed by atoms with E-state index in [9.17, 15) is 9.59 Å². The van der Waals surface area contributed by atoms with Gasteiger partial charge < -0.3 is 9.47 Å². The molecule has 0 aliphatic carbocycles. The fourth-order valence-corrected chi connectivity index (χ4v) is 3.65. The number of aryl methyl sites for hydroxylation is 1. The molecule has 0 spiro atoms. The third-order valence-electron chi connectivity index (χ3n) is 5.34. The van der Waals surface area contributed by atoms with Gasteiger partial charge in [0.05, 0.1) is 25.7 Å². The lowest BCUT2D eigenvalue weighted by atomic mass is 9.88. The summed E-state index contributed by atoms with van der Waals surface area (Å²) in [6, 6.07) is 15.8. The van der Waals surface area contributed by atoms with Gasteiger partial charge in [0.1, 0.15) is 0 Å². The minimum atomic E-state index is -0.241. The van der Waals surface area contributed by atoms with Gasteiger partial charge in [-0.3, -0.25) is 4.79 Å². The summed E-state index contributed by atoms with van der Waals surface area (Å²) < 4.78 is 10.0. The highest BCUT2D eigenvalue weighted by Crippen LogP contribution is 2.23. The first-order valence-corrected chi connectivity index (χ1v) is 10.5. The summed E-state index contributed by atoms with van der Waals surface area (Å²) in [6.45, 7) is 4.41. The molecule has 0 saturated carbocycles. The first kappa shape index (κ1) is 22.7. The first-order valence-electron chi connectivity index (χ1n) is 10.5. The third kappa shape index (κ3) is 7.04. The van der Waals surface area contributed by atoms with Crippen LogP contribution in [0.1, 0.15) is 60.2 Å². The average molecular weight is 397 g/mol. The number of esters is 2. The molecular formula is C25H32O4. The summed E-state index contributed by atoms with van der Waals surface area (Å²) >= 11 is 0. The van der Waals surface area contributed by atoms with Crippen molar-refractivity contribution in [3.05, 3.63) is 70.8 Å². The van der Waals surface area contributed by atoms with Crippen LogP contribution in [0.4, 0.5) is 0 Å². The Kier molecular flexibility index (Phi) is 9.42. The molecule has 2 rings (SSSR count). The molecule has 4 nitrogen and oxygen atoms in total. The fourth-order valence-electron chi connectivity index (χ4n) is 3.65. The van der Waals surface area contributed by atoms with Gasteiger partial charge in [0.15, 0.2) is 0 Å². The maximum Gasteiger partial charge on any atom is 0.338 e. The molecule has 0 radical (unpaired) electrons. The number of benzene rings is 2. The average Bonchev–Trinajstić information content (AvgIpc) is 2.74. The number of carbonyl (C=O) groups excluding carboxylic acids is 2. The zero-order valence-electron chi connectivity index (χ0n) is 17.8. The van der Waals surface area contributed by atoms with Crippen LogP contribution in [-0.4, -0.2) is 25.7 Å². The lowest BCUT2D eigenvalue weighted by Gasteiger charge is -2.17. The summed E-state index contributed by atoms with van der Waals surface area (Å²) in [7, 11) is 1.42. The highest BCUT2D eigenvalue weighted by Gasteiger charge is 2.16. The van der Waals surface area contributed by atoms with Gasteiger partial charge >= 0.3 is 11.9 Å². The monoisotopic (exact) mass is 396 g/mol. The molecule has 0 amide bonds. The molecule has 0 aliphatic heterocycles. The number of methoxy groups -OCH3 is 1. The van der Waals surface area contributed by atoms with E-state index in [1.165, 1.54) is 12.7 Å². The molecule has 0 N–H and O–H groups in total. The van der Waals surface area contributed by atoms with Crippen LogP contribution >= 0.6 is 0 Å². The van der Waals surface area contributed by atoms with E-state index in [4.69, 9.17) is 9.47 Å². The summed E-state index contributed by atoms with van der Waals surface area (Å²) in [4.78, 5) is 23.9. The van der Waals surface area contributed by atoms with Crippen LogP contribution in [0.5, 0.6) is 0 Å². The topological polar surface area (TPSA) is 52.6 Å². The van der Waals surface area contributed by atoms with Crippen molar-refractivity contribution in [1.82, 2.24) is 0 Å². The Bertz CT molecular complexity index is 797. The van der Waals surface area contributed by atoms with Crippen LogP contribution in [0, 0.1) is 5.92 Å². The quantitative estimate of drug-likeness (QED) is 0.492. The zero-order chi connectivity index (χ0) is 21.1. The third-order valence-corrected chi connectivity index (χ3v) is 5.34. The van der Waals surface area contributed by atoms with Gasteiger partial charge in [-0.25, -0.2) is 4.79 Å². The van der Waals surface area contributed by atoms with E-state index in [1.807, 2.05) is 49.4 Å². The van der Waals surface area contributed by atoms with Crippen molar-refractivity contribution in [2.75, 3.05) is 13.7 Å². The number of ether oxygens (including phenoxy) is 2. The molecule has 1 unspecified atom stereocenters. The second kappa shape index (κ2) is 12.1. The smallest absolute Gasteiger partial charge is 0.338 e. The summed E-state index contributed by atoms with van der Waals surface area (Å²) in [6.07, 6.45) is 5.29. The van der Waals surface area contributed by atoms with E-state index in [-0.39, 0.29) is 11.9 Å². The van der Waals surface area contributed by atoms with Crippen LogP contribution in [0.25, 0.3) is 0 Å². The molecule has 0 saturated heterocycles. The van der Waals surface area contributed by atoms with Crippen molar-refractivity contribution >= 4 is 11.9 Å². The highest BCUT2D eigenvalue weighted by atomic mass is 16.5. The molecular weight excluding hydrogens is 364 g/mol. The molecule has 0 fully saturated rings. The molecule has 4 heteroatoms. The second-order valence-electron chi connectivity index (χ2n) is 7.27. The minimum absolute atomic E-state index is 0.209. The highest BCUT2D eigenvalue weighted by molar-refractivity contribution is 5.91. The maximum atomic E-state index is 12.2. The Hall–Kier alpha value is -2.62. The van der Waals surface area contributed by atoms with Crippen molar-refractivity contribution < 1.29 is 19.1 Å². The molecule has 0 aliphatic rings. The number of hydrogen-bond donors (Lipinski definition) is 0. The zero-order valence-corrected chi connectivity index (χ0v) is 17.8. The van der Waals surface area contributed by atoms with Crippen LogP contribution < -0.4 is 0 Å². The van der Waals surface area contributed by atoms with Gasteiger partial charge in [-0.1, -0.05) is 55.8 Å². The van der Waals surface area contributed by atoms with Gasteiger partial charge in [-0.2, -0.15) is 0 Å². The summed E-state index contributed by atoms with van der Waals surface area (Å²) in [5.41, 5.74) is 3.99. The van der Waals surface area contributed by atoms with E-state index < -0.39 is 0 Å². The minimum Gasteiger partial charge on any atom is -0.469 e. The van der Waals surface area contributed by atoms with E-state index in [2.05, 4.69) is 13.0 Å². The SMILES string of the molecule is CCOC(=O)c1ccccc1CC(CC)CCCc1ccccc1CC(=O)OC. The predicted octanol–water partition coefficient (Wildman–Crippen LogP) is 5.17. The number of carbonyl (C=O) groups is 2. The Labute approximate surface area is 174 Å². The Morgan fingerprint density at radius 3 is 2.24 bits per heavy atom. The summed E-state index contributed by atoms with van der Waals surface area (Å²) in [5, 5.41) is 0. The van der Waals surface area contributed by atoms with E-state index in [0.29, 0.717) is 24.5 Å². The normalized spacial score (nSPS) is 11.7. The van der Waals surface area contributed by atoms with Gasteiger partial charge in [0, 0.05) is 0 Å². The Morgan fingerprint density at radius 2 is 1.59 bits per heavy atom. The summed E-state index contributed by atoms with van der Waals surface area (Å²) in [5.74, 6) is 0.0486. The van der Waals surface area contributed by atoms with Crippen LogP contribution in [0.2, 0.25) is 0 Å². The van der Waals surface area contributed by atoms with E-state index >= 15 is 0 Å². The molecule has 2 aromatic carbocycles. The van der Waals surface area contributed by atoms with Crippen molar-refractivity contribution in [3.8, 4) is 0 Å². The van der Waals surface area contributed by atoms with E-state index in [0.717, 1.165) is 43.2 Å². The predicted molar refractivity (Wildman–Crippen MR) is 115 cm³/mol. The lowest BCUT2D eigenvalue weighted by molar-refractivity contribution is -0.139. The molecule has 156 valence electrons. The maximum absolute atomic E-state index is 12.2. The Balaban J connectivity index is 1.97. The first-order chi connectivity index (χ1) is 14.1. The number of hydrogen-bond acceptors (Lipinski definition) is 4. The van der Waals surface area contributed by atoms with Crippen LogP contribution in [0.3, 0.4) is 0 Å². The van der Waals surface area contributed by atoms with Crippen molar-refractivity contribution in [3.63, 3.8) is 0 Å². The largest absolute Gasteiger partial charge is 0.469 e. The molecule has 2 aromatic rings. The van der Waals surface area contributed by atoms with Gasteiger partial charge in [0.25, 0.3) is 0 Å². The molecule has 1 atom stereocenters. The van der Waals surface area contributed by atoms with Crippen molar-refractivity contribution in [2.24, 2.45) is 5.92 Å². The van der Waals surface area contributed by atoms with Crippen molar-refractivity contribution in [2.45, 2.75) is 52.4 Å². The molecule has 0 heterocycles. The standard InChI is InChI=1S/C25H32O4/c1-4-19(17-22-14-8-9-16-23(22)25(27)29-5-2)11-10-15-20-12-6-7-13-21(20)18-24(26)28-3/h6-9,12-14,16,19H,4-5,10-11,15,17-18H2,1-3H3. The number of rotatable bonds is 11. The van der Waals surface area contributed by atoms with Crippen LogP contribution in [0.15, 0.2) is 48.5 Å². The van der Waals surface area contributed by atoms with Crippen molar-refractivity contribution in [1.29, 1.82) is 0 Å². The molecule has 0 bridgehead atoms. The Morgan fingerprint density at radius 1 is 0.931 bits per heavy atom. The van der Waals surface area contributed by atoms with Gasteiger partial charge in [0.2, 0.25) is 0 Å². The van der Waals surface area contributed by atoms with Gasteiger partial charge in [-0.05, 0) is 61.3 Å². The molecule has 29 heavy (non-hydrogen) atoms.